The lowest BCUT2D eigenvalue weighted by Crippen LogP contribution is -2.21. The van der Waals surface area contributed by atoms with Gasteiger partial charge < -0.3 is 24.9 Å². The lowest BCUT2D eigenvalue weighted by Gasteiger charge is -2.20. The predicted molar refractivity (Wildman–Crippen MR) is 68.3 cm³/mol. The number of hydrogen-bond donors (Lipinski definition) is 5. The molecule has 5 N–H and O–H groups in total. The van der Waals surface area contributed by atoms with E-state index >= 15 is 0 Å². The highest BCUT2D eigenvalue weighted by Crippen LogP contribution is 2.59. The summed E-state index contributed by atoms with van der Waals surface area (Å²) in [5.41, 5.74) is 0. The normalized spacial score (nSPS) is 12.8. The van der Waals surface area contributed by atoms with Crippen LogP contribution in [-0.2, 0) is 9.13 Å². The number of anilines is 1. The number of halogens is 1. The quantitative estimate of drug-likeness (QED) is 0.488. The fraction of sp³-hybridized carbons (Fsp3) is 0.286. The van der Waals surface area contributed by atoms with E-state index in [4.69, 9.17) is 19.6 Å². The molecule has 0 atom stereocenters. The fourth-order valence-electron chi connectivity index (χ4n) is 1.14. The van der Waals surface area contributed by atoms with E-state index in [1.54, 1.807) is 12.1 Å². The monoisotopic (exact) mass is 360 g/mol. The first-order valence-electron chi connectivity index (χ1n) is 4.57. The van der Waals surface area contributed by atoms with E-state index in [1.807, 2.05) is 0 Å². The van der Waals surface area contributed by atoms with Crippen molar-refractivity contribution in [2.24, 2.45) is 0 Å². The molecule has 0 saturated carbocycles. The van der Waals surface area contributed by atoms with Crippen molar-refractivity contribution in [3.05, 3.63) is 22.8 Å². The van der Waals surface area contributed by atoms with E-state index in [-0.39, 0.29) is 5.82 Å². The van der Waals surface area contributed by atoms with Gasteiger partial charge in [-0.25, -0.2) is 4.98 Å². The summed E-state index contributed by atoms with van der Waals surface area (Å²) in [6.45, 7) is -0.593. The van der Waals surface area contributed by atoms with Gasteiger partial charge >= 0.3 is 15.2 Å². The molecular formula is C7H11BrN2O6P2. The van der Waals surface area contributed by atoms with Crippen LogP contribution < -0.4 is 5.32 Å². The van der Waals surface area contributed by atoms with Gasteiger partial charge in [0.15, 0.2) is 5.40 Å². The van der Waals surface area contributed by atoms with Crippen LogP contribution in [0.25, 0.3) is 0 Å². The third kappa shape index (κ3) is 4.44. The predicted octanol–water partition coefficient (Wildman–Crippen LogP) is 0.937. The zero-order chi connectivity index (χ0) is 14.0. The summed E-state index contributed by atoms with van der Waals surface area (Å²) in [6, 6.07) is 3.25. The number of nitrogens with zero attached hydrogens (tertiary/aromatic N) is 1. The Hall–Kier alpha value is -0.270. The van der Waals surface area contributed by atoms with Crippen molar-refractivity contribution in [3.8, 4) is 0 Å². The summed E-state index contributed by atoms with van der Waals surface area (Å²) in [5, 5.41) is 0.385. The molecule has 0 saturated heterocycles. The second kappa shape index (κ2) is 5.79. The van der Waals surface area contributed by atoms with Crippen LogP contribution in [0.15, 0.2) is 22.8 Å². The average Bonchev–Trinajstić information content (AvgIpc) is 2.17. The van der Waals surface area contributed by atoms with Crippen molar-refractivity contribution in [3.63, 3.8) is 0 Å². The second-order valence-electron chi connectivity index (χ2n) is 3.37. The maximum atomic E-state index is 11.0. The van der Waals surface area contributed by atoms with Crippen LogP contribution in [0.2, 0.25) is 0 Å². The van der Waals surface area contributed by atoms with Crippen LogP contribution in [0.1, 0.15) is 0 Å². The first-order chi connectivity index (χ1) is 8.12. The third-order valence-corrected chi connectivity index (χ3v) is 6.35. The van der Waals surface area contributed by atoms with Crippen molar-refractivity contribution in [1.29, 1.82) is 0 Å². The maximum Gasteiger partial charge on any atom is 0.342 e. The number of pyridine rings is 1. The average molecular weight is 361 g/mol. The van der Waals surface area contributed by atoms with Gasteiger partial charge in [-0.15, -0.1) is 0 Å². The minimum atomic E-state index is -4.92. The van der Waals surface area contributed by atoms with E-state index in [0.717, 1.165) is 0 Å². The van der Waals surface area contributed by atoms with Crippen molar-refractivity contribution >= 4 is 36.9 Å². The molecular weight excluding hydrogens is 350 g/mol. The van der Waals surface area contributed by atoms with Gasteiger partial charge in [0.2, 0.25) is 0 Å². The molecule has 1 aromatic rings. The van der Waals surface area contributed by atoms with Crippen LogP contribution in [0.3, 0.4) is 0 Å². The Bertz CT molecular complexity index is 492. The first-order valence-corrected chi connectivity index (χ1v) is 8.73. The van der Waals surface area contributed by atoms with Gasteiger partial charge in [0.25, 0.3) is 0 Å². The SMILES string of the molecule is O=P(O)(O)C(CNc1ncccc1Br)P(=O)(O)O. The zero-order valence-corrected chi connectivity index (χ0v) is 12.2. The summed E-state index contributed by atoms with van der Waals surface area (Å²) in [7, 11) is -9.84. The molecule has 0 aliphatic carbocycles. The Morgan fingerprint density at radius 2 is 1.83 bits per heavy atom. The minimum Gasteiger partial charge on any atom is -0.368 e. The highest BCUT2D eigenvalue weighted by molar-refractivity contribution is 9.10. The van der Waals surface area contributed by atoms with Crippen LogP contribution in [-0.4, -0.2) is 36.5 Å². The summed E-state index contributed by atoms with van der Waals surface area (Å²) >= 11 is 3.13. The van der Waals surface area contributed by atoms with Crippen molar-refractivity contribution in [1.82, 2.24) is 4.98 Å². The molecule has 0 amide bonds. The molecule has 0 unspecified atom stereocenters. The van der Waals surface area contributed by atoms with Crippen molar-refractivity contribution in [2.75, 3.05) is 11.9 Å². The molecule has 1 rings (SSSR count). The first kappa shape index (κ1) is 15.8. The lowest BCUT2D eigenvalue weighted by molar-refractivity contribution is 0.340. The number of aromatic nitrogens is 1. The van der Waals surface area contributed by atoms with Crippen LogP contribution in [0.5, 0.6) is 0 Å². The Balaban J connectivity index is 2.86. The summed E-state index contributed by atoms with van der Waals surface area (Å²) < 4.78 is 22.5. The molecule has 0 spiro atoms. The molecule has 0 aliphatic heterocycles. The summed E-state index contributed by atoms with van der Waals surface area (Å²) in [6.07, 6.45) is 1.43. The van der Waals surface area contributed by atoms with Gasteiger partial charge in [-0.3, -0.25) is 9.13 Å². The Labute approximate surface area is 111 Å². The van der Waals surface area contributed by atoms with Gasteiger partial charge in [-0.2, -0.15) is 0 Å². The molecule has 1 aromatic heterocycles. The minimum absolute atomic E-state index is 0.240. The number of rotatable bonds is 5. The topological polar surface area (TPSA) is 140 Å². The van der Waals surface area contributed by atoms with Gasteiger partial charge in [0, 0.05) is 12.7 Å². The Kier molecular flexibility index (Phi) is 5.08. The highest BCUT2D eigenvalue weighted by atomic mass is 79.9. The van der Waals surface area contributed by atoms with E-state index in [1.165, 1.54) is 6.20 Å². The van der Waals surface area contributed by atoms with Gasteiger partial charge in [0.1, 0.15) is 5.82 Å². The largest absolute Gasteiger partial charge is 0.368 e. The second-order valence-corrected chi connectivity index (χ2v) is 8.24. The maximum absolute atomic E-state index is 11.0. The van der Waals surface area contributed by atoms with E-state index in [2.05, 4.69) is 26.2 Å². The lowest BCUT2D eigenvalue weighted by atomic mass is 10.4. The standard InChI is InChI=1S/C7H11BrN2O6P2/c8-5-2-1-3-9-7(5)10-4-6(17(11,12)13)18(14,15)16/h1-3,6H,4H2,(H,9,10)(H2,11,12,13)(H2,14,15,16). The fourth-order valence-corrected chi connectivity index (χ4v) is 3.76. The smallest absolute Gasteiger partial charge is 0.342 e. The van der Waals surface area contributed by atoms with Gasteiger partial charge in [-0.05, 0) is 28.1 Å². The molecule has 18 heavy (non-hydrogen) atoms. The molecule has 1 heterocycles. The van der Waals surface area contributed by atoms with Crippen LogP contribution >= 0.6 is 31.1 Å². The van der Waals surface area contributed by atoms with Gasteiger partial charge in [-0.1, -0.05) is 0 Å². The number of hydrogen-bond acceptors (Lipinski definition) is 4. The molecule has 0 aromatic carbocycles. The van der Waals surface area contributed by atoms with E-state index < -0.39 is 27.1 Å². The zero-order valence-electron chi connectivity index (χ0n) is 8.84. The third-order valence-electron chi connectivity index (χ3n) is 1.99. The Morgan fingerprint density at radius 1 is 1.28 bits per heavy atom. The van der Waals surface area contributed by atoms with E-state index in [9.17, 15) is 9.13 Å². The molecule has 0 bridgehead atoms. The Morgan fingerprint density at radius 3 is 2.28 bits per heavy atom. The van der Waals surface area contributed by atoms with Crippen molar-refractivity contribution < 1.29 is 28.7 Å². The summed E-state index contributed by atoms with van der Waals surface area (Å²) in [5.74, 6) is 0.240. The van der Waals surface area contributed by atoms with Crippen molar-refractivity contribution in [2.45, 2.75) is 5.40 Å². The molecule has 0 fully saturated rings. The molecule has 11 heteroatoms. The molecule has 8 nitrogen and oxygen atoms in total. The van der Waals surface area contributed by atoms with Crippen LogP contribution in [0.4, 0.5) is 5.82 Å². The molecule has 102 valence electrons. The molecule has 0 radical (unpaired) electrons. The van der Waals surface area contributed by atoms with Gasteiger partial charge in [0.05, 0.1) is 4.47 Å². The molecule has 0 aliphatic rings. The van der Waals surface area contributed by atoms with E-state index in [0.29, 0.717) is 4.47 Å². The summed E-state index contributed by atoms with van der Waals surface area (Å²) in [4.78, 5) is 39.5. The van der Waals surface area contributed by atoms with Crippen LogP contribution in [0, 0.1) is 0 Å². The number of nitrogens with one attached hydrogen (secondary N) is 1. The highest BCUT2D eigenvalue weighted by Gasteiger charge is 2.43.